The Morgan fingerprint density at radius 3 is 2.43 bits per heavy atom. The van der Waals surface area contributed by atoms with Crippen molar-refractivity contribution in [2.24, 2.45) is 0 Å². The van der Waals surface area contributed by atoms with Crippen molar-refractivity contribution in [3.05, 3.63) is 89.5 Å². The highest BCUT2D eigenvalue weighted by molar-refractivity contribution is 6.01. The van der Waals surface area contributed by atoms with Gasteiger partial charge in [-0.2, -0.15) is 0 Å². The number of aliphatic hydroxyl groups is 2. The average Bonchev–Trinajstić information content (AvgIpc) is 3.02. The third-order valence-electron chi connectivity index (χ3n) is 6.60. The lowest BCUT2D eigenvalue weighted by atomic mass is 10.1. The molecular formula is C33H43N3O8. The highest BCUT2D eigenvalue weighted by Crippen LogP contribution is 2.22. The Labute approximate surface area is 258 Å². The number of urea groups is 1. The molecule has 0 fully saturated rings. The fraction of sp³-hybridized carbons (Fsp3) is 0.394. The first-order chi connectivity index (χ1) is 21.4. The molecule has 0 heterocycles. The first-order valence-corrected chi connectivity index (χ1v) is 14.8. The minimum absolute atomic E-state index is 0.0209. The SMILES string of the molecule is CC(=O)ON(C(=O)Nc1ccccc1)c1cccc(COCCOCCCCCCNC[C@@H](O)c2ccc(O)c(CO)c2)c1. The van der Waals surface area contributed by atoms with E-state index >= 15 is 0 Å². The van der Waals surface area contributed by atoms with Gasteiger partial charge in [0, 0.05) is 31.3 Å². The number of anilines is 2. The molecule has 11 heteroatoms. The fourth-order valence-electron chi connectivity index (χ4n) is 4.32. The molecular weight excluding hydrogens is 566 g/mol. The molecule has 0 radical (unpaired) electrons. The Morgan fingerprint density at radius 1 is 0.886 bits per heavy atom. The van der Waals surface area contributed by atoms with E-state index in [1.165, 1.54) is 13.0 Å². The Hall–Kier alpha value is -4.00. The number of aromatic hydroxyl groups is 1. The van der Waals surface area contributed by atoms with Crippen LogP contribution in [0.15, 0.2) is 72.8 Å². The first-order valence-electron chi connectivity index (χ1n) is 14.8. The molecule has 0 saturated carbocycles. The Balaban J connectivity index is 1.25. The number of carbonyl (C=O) groups excluding carboxylic acids is 2. The Morgan fingerprint density at radius 2 is 1.66 bits per heavy atom. The number of para-hydroxylation sites is 1. The van der Waals surface area contributed by atoms with Crippen LogP contribution in [0.1, 0.15) is 55.4 Å². The minimum Gasteiger partial charge on any atom is -0.508 e. The second kappa shape index (κ2) is 19.3. The molecule has 5 N–H and O–H groups in total. The van der Waals surface area contributed by atoms with E-state index in [4.69, 9.17) is 14.3 Å². The Bertz CT molecular complexity index is 1290. The number of nitrogens with one attached hydrogen (secondary N) is 2. The second-order valence-corrected chi connectivity index (χ2v) is 10.2. The van der Waals surface area contributed by atoms with E-state index in [9.17, 15) is 24.9 Å². The van der Waals surface area contributed by atoms with Gasteiger partial charge in [0.2, 0.25) is 0 Å². The van der Waals surface area contributed by atoms with E-state index in [2.05, 4.69) is 10.6 Å². The largest absolute Gasteiger partial charge is 0.508 e. The maximum atomic E-state index is 12.8. The lowest BCUT2D eigenvalue weighted by Crippen LogP contribution is -2.36. The monoisotopic (exact) mass is 609 g/mol. The molecule has 0 aliphatic carbocycles. The summed E-state index contributed by atoms with van der Waals surface area (Å²) in [4.78, 5) is 29.6. The maximum Gasteiger partial charge on any atom is 0.359 e. The molecule has 0 aliphatic rings. The normalized spacial score (nSPS) is 11.6. The van der Waals surface area contributed by atoms with Crippen LogP contribution in [0, 0.1) is 0 Å². The van der Waals surface area contributed by atoms with Crippen LogP contribution in [0.25, 0.3) is 0 Å². The molecule has 238 valence electrons. The number of benzene rings is 3. The van der Waals surface area contributed by atoms with Crippen molar-refractivity contribution in [3.8, 4) is 5.75 Å². The number of phenols is 1. The minimum atomic E-state index is -0.706. The van der Waals surface area contributed by atoms with Crippen molar-refractivity contribution in [1.29, 1.82) is 0 Å². The van der Waals surface area contributed by atoms with Crippen LogP contribution in [0.2, 0.25) is 0 Å². The van der Waals surface area contributed by atoms with E-state index in [-0.39, 0.29) is 12.4 Å². The van der Waals surface area contributed by atoms with E-state index in [0.29, 0.717) is 55.5 Å². The topological polar surface area (TPSA) is 150 Å². The van der Waals surface area contributed by atoms with Crippen molar-refractivity contribution in [2.45, 2.75) is 51.9 Å². The number of unbranched alkanes of at least 4 members (excludes halogenated alkanes) is 3. The molecule has 0 aromatic heterocycles. The smallest absolute Gasteiger partial charge is 0.359 e. The molecule has 3 aromatic carbocycles. The van der Waals surface area contributed by atoms with Crippen molar-refractivity contribution in [2.75, 3.05) is 43.3 Å². The predicted octanol–water partition coefficient (Wildman–Crippen LogP) is 4.82. The van der Waals surface area contributed by atoms with Crippen LogP contribution in [-0.4, -0.2) is 60.2 Å². The zero-order valence-electron chi connectivity index (χ0n) is 25.1. The maximum absolute atomic E-state index is 12.8. The van der Waals surface area contributed by atoms with Gasteiger partial charge in [-0.1, -0.05) is 49.2 Å². The molecule has 3 aromatic rings. The number of carbonyl (C=O) groups is 2. The van der Waals surface area contributed by atoms with E-state index < -0.39 is 18.1 Å². The van der Waals surface area contributed by atoms with Crippen LogP contribution in [0.3, 0.4) is 0 Å². The summed E-state index contributed by atoms with van der Waals surface area (Å²) in [5, 5.41) is 36.1. The molecule has 0 bridgehead atoms. The van der Waals surface area contributed by atoms with Gasteiger partial charge < -0.3 is 40.3 Å². The van der Waals surface area contributed by atoms with Gasteiger partial charge >= 0.3 is 12.0 Å². The molecule has 0 spiro atoms. The standard InChI is InChI=1S/C33H43N3O8/c1-25(38)44-36(33(41)35-29-11-5-4-6-12-29)30-13-9-10-26(20-30)24-43-19-18-42-17-8-3-2-7-16-34-22-32(40)27-14-15-31(39)28(21-27)23-37/h4-6,9-15,20-21,32,34,37,39-40H,2-3,7-8,16-19,22-24H2,1H3,(H,35,41)/t32-/m1/s1. The van der Waals surface area contributed by atoms with Crippen LogP contribution in [0.4, 0.5) is 16.2 Å². The van der Waals surface area contributed by atoms with Crippen molar-refractivity contribution in [1.82, 2.24) is 5.32 Å². The fourth-order valence-corrected chi connectivity index (χ4v) is 4.32. The molecule has 0 unspecified atom stereocenters. The lowest BCUT2D eigenvalue weighted by molar-refractivity contribution is -0.141. The van der Waals surface area contributed by atoms with Gasteiger partial charge in [-0.25, -0.2) is 9.59 Å². The highest BCUT2D eigenvalue weighted by atomic mass is 16.7. The molecule has 1 atom stereocenters. The van der Waals surface area contributed by atoms with Crippen molar-refractivity contribution >= 4 is 23.4 Å². The number of amides is 2. The van der Waals surface area contributed by atoms with Crippen LogP contribution in [-0.2, 0) is 32.3 Å². The summed E-state index contributed by atoms with van der Waals surface area (Å²) in [7, 11) is 0. The van der Waals surface area contributed by atoms with Gasteiger partial charge in [-0.05, 0) is 66.9 Å². The number of rotatable bonds is 18. The van der Waals surface area contributed by atoms with Gasteiger partial charge in [0.25, 0.3) is 0 Å². The van der Waals surface area contributed by atoms with Crippen LogP contribution in [0.5, 0.6) is 5.75 Å². The number of hydroxylamine groups is 1. The molecule has 3 rings (SSSR count). The van der Waals surface area contributed by atoms with Crippen molar-refractivity contribution in [3.63, 3.8) is 0 Å². The summed E-state index contributed by atoms with van der Waals surface area (Å²) in [6.45, 7) is 3.98. The third kappa shape index (κ3) is 12.3. The quantitative estimate of drug-likeness (QED) is 0.101. The molecule has 44 heavy (non-hydrogen) atoms. The van der Waals surface area contributed by atoms with Gasteiger partial charge in [0.1, 0.15) is 5.75 Å². The van der Waals surface area contributed by atoms with E-state index in [1.807, 2.05) is 12.1 Å². The second-order valence-electron chi connectivity index (χ2n) is 10.2. The summed E-state index contributed by atoms with van der Waals surface area (Å²) in [5.74, 6) is -0.600. The molecule has 11 nitrogen and oxygen atoms in total. The summed E-state index contributed by atoms with van der Waals surface area (Å²) in [6, 6.07) is 20.1. The number of hydrogen-bond acceptors (Lipinski definition) is 9. The number of aliphatic hydroxyl groups excluding tert-OH is 2. The summed E-state index contributed by atoms with van der Waals surface area (Å²) in [5.41, 5.74) is 2.83. The van der Waals surface area contributed by atoms with Crippen molar-refractivity contribution < 1.29 is 39.2 Å². The lowest BCUT2D eigenvalue weighted by Gasteiger charge is -2.21. The summed E-state index contributed by atoms with van der Waals surface area (Å²) < 4.78 is 11.4. The third-order valence-corrected chi connectivity index (χ3v) is 6.60. The van der Waals surface area contributed by atoms with Crippen LogP contribution < -0.4 is 15.7 Å². The molecule has 0 aliphatic heterocycles. The average molecular weight is 610 g/mol. The summed E-state index contributed by atoms with van der Waals surface area (Å²) >= 11 is 0. The van der Waals surface area contributed by atoms with Gasteiger partial charge in [-0.3, -0.25) is 0 Å². The Kier molecular flexibility index (Phi) is 15.1. The number of ether oxygens (including phenoxy) is 2. The molecule has 2 amide bonds. The number of hydrogen-bond donors (Lipinski definition) is 5. The van der Waals surface area contributed by atoms with Gasteiger partial charge in [0.15, 0.2) is 0 Å². The highest BCUT2D eigenvalue weighted by Gasteiger charge is 2.20. The van der Waals surface area contributed by atoms with E-state index in [0.717, 1.165) is 42.9 Å². The zero-order chi connectivity index (χ0) is 31.6. The van der Waals surface area contributed by atoms with E-state index in [1.54, 1.807) is 54.6 Å². The van der Waals surface area contributed by atoms with Gasteiger partial charge in [-0.15, -0.1) is 5.06 Å². The molecule has 0 saturated heterocycles. The predicted molar refractivity (Wildman–Crippen MR) is 167 cm³/mol. The summed E-state index contributed by atoms with van der Waals surface area (Å²) in [6.07, 6.45) is 3.30. The zero-order valence-corrected chi connectivity index (χ0v) is 25.1. The van der Waals surface area contributed by atoms with Crippen LogP contribution >= 0.6 is 0 Å². The van der Waals surface area contributed by atoms with Gasteiger partial charge in [0.05, 0.1) is 38.2 Å². The first kappa shape index (κ1) is 34.5. The number of nitrogens with zero attached hydrogens (tertiary/aromatic N) is 1.